The molecule has 1 N–H and O–H groups in total. The van der Waals surface area contributed by atoms with Gasteiger partial charge in [0.1, 0.15) is 0 Å². The first kappa shape index (κ1) is 12.2. The minimum atomic E-state index is 0.0663. The van der Waals surface area contributed by atoms with Crippen molar-refractivity contribution in [3.63, 3.8) is 0 Å². The Hall–Kier alpha value is -1.85. The average molecular weight is 270 g/mol. The topological polar surface area (TPSA) is 50.7 Å². The second-order valence-electron chi connectivity index (χ2n) is 4.24. The maximum atomic E-state index is 4.40. The molecule has 1 aromatic carbocycles. The van der Waals surface area contributed by atoms with E-state index < -0.39 is 0 Å². The Kier molecular flexibility index (Phi) is 3.48. The summed E-state index contributed by atoms with van der Waals surface area (Å²) in [6.45, 7) is 2.97. The minimum Gasteiger partial charge on any atom is -0.305 e. The van der Waals surface area contributed by atoms with Gasteiger partial charge >= 0.3 is 0 Å². The van der Waals surface area contributed by atoms with Crippen LogP contribution >= 0.6 is 11.7 Å². The zero-order chi connectivity index (χ0) is 13.1. The molecule has 0 aliphatic heterocycles. The van der Waals surface area contributed by atoms with Crippen LogP contribution in [0.25, 0.3) is 10.9 Å². The molecule has 0 aliphatic carbocycles. The van der Waals surface area contributed by atoms with Crippen molar-refractivity contribution in [1.82, 2.24) is 19.0 Å². The van der Waals surface area contributed by atoms with Crippen molar-refractivity contribution < 1.29 is 0 Å². The predicted molar refractivity (Wildman–Crippen MR) is 77.2 cm³/mol. The van der Waals surface area contributed by atoms with E-state index in [9.17, 15) is 0 Å². The number of hydrogen-bond acceptors (Lipinski definition) is 5. The van der Waals surface area contributed by atoms with Crippen LogP contribution in [0.4, 0.5) is 0 Å². The Balaban J connectivity index is 2.15. The van der Waals surface area contributed by atoms with E-state index in [0.717, 1.165) is 23.1 Å². The molecule has 19 heavy (non-hydrogen) atoms. The highest BCUT2D eigenvalue weighted by molar-refractivity contribution is 6.99. The number of aromatic nitrogens is 3. The second-order valence-corrected chi connectivity index (χ2v) is 4.80. The quantitative estimate of drug-likeness (QED) is 0.792. The third-order valence-corrected chi connectivity index (χ3v) is 3.56. The maximum absolute atomic E-state index is 4.40. The van der Waals surface area contributed by atoms with Gasteiger partial charge in [-0.05, 0) is 24.2 Å². The van der Waals surface area contributed by atoms with Crippen molar-refractivity contribution in [2.24, 2.45) is 0 Å². The number of hydrogen-bond donors (Lipinski definition) is 1. The second kappa shape index (κ2) is 5.42. The number of fused-ring (bicyclic) bond motifs is 1. The van der Waals surface area contributed by atoms with E-state index in [4.69, 9.17) is 0 Å². The highest BCUT2D eigenvalue weighted by Crippen LogP contribution is 2.27. The largest absolute Gasteiger partial charge is 0.305 e. The third-order valence-electron chi connectivity index (χ3n) is 3.07. The standard InChI is InChI=1S/C14H14N4S/c1-2-15-14(13-9-17-19-18-13)11-5-3-7-12-10(11)6-4-8-16-12/h3-9,14-15H,2H2,1H3. The van der Waals surface area contributed by atoms with Crippen molar-refractivity contribution in [2.45, 2.75) is 13.0 Å². The molecule has 0 bridgehead atoms. The van der Waals surface area contributed by atoms with E-state index in [-0.39, 0.29) is 6.04 Å². The van der Waals surface area contributed by atoms with Crippen LogP contribution < -0.4 is 5.32 Å². The molecule has 96 valence electrons. The molecule has 1 unspecified atom stereocenters. The predicted octanol–water partition coefficient (Wildman–Crippen LogP) is 2.79. The lowest BCUT2D eigenvalue weighted by molar-refractivity contribution is 0.623. The fraction of sp³-hybridized carbons (Fsp3) is 0.214. The number of benzene rings is 1. The first-order valence-corrected chi connectivity index (χ1v) is 6.97. The molecule has 0 radical (unpaired) electrons. The molecule has 0 aliphatic rings. The Morgan fingerprint density at radius 3 is 3.00 bits per heavy atom. The van der Waals surface area contributed by atoms with Crippen molar-refractivity contribution in [3.8, 4) is 0 Å². The molecule has 0 saturated carbocycles. The van der Waals surface area contributed by atoms with Gasteiger partial charge in [-0.1, -0.05) is 25.1 Å². The molecular weight excluding hydrogens is 256 g/mol. The van der Waals surface area contributed by atoms with Crippen LogP contribution in [0.15, 0.2) is 42.7 Å². The summed E-state index contributed by atoms with van der Waals surface area (Å²) in [6, 6.07) is 10.3. The van der Waals surface area contributed by atoms with Gasteiger partial charge < -0.3 is 5.32 Å². The summed E-state index contributed by atoms with van der Waals surface area (Å²) in [4.78, 5) is 4.40. The van der Waals surface area contributed by atoms with E-state index in [1.165, 1.54) is 17.3 Å². The fourth-order valence-electron chi connectivity index (χ4n) is 2.26. The van der Waals surface area contributed by atoms with Gasteiger partial charge in [0, 0.05) is 11.6 Å². The summed E-state index contributed by atoms with van der Waals surface area (Å²) in [5.41, 5.74) is 3.16. The van der Waals surface area contributed by atoms with Crippen molar-refractivity contribution in [1.29, 1.82) is 0 Å². The van der Waals surface area contributed by atoms with Gasteiger partial charge in [0.15, 0.2) is 0 Å². The first-order chi connectivity index (χ1) is 9.40. The highest BCUT2D eigenvalue weighted by Gasteiger charge is 2.17. The molecule has 4 nitrogen and oxygen atoms in total. The van der Waals surface area contributed by atoms with Crippen LogP contribution in [0.5, 0.6) is 0 Å². The average Bonchev–Trinajstić information content (AvgIpc) is 2.98. The molecule has 2 aromatic heterocycles. The molecule has 5 heteroatoms. The summed E-state index contributed by atoms with van der Waals surface area (Å²) in [5.74, 6) is 0. The van der Waals surface area contributed by atoms with Crippen LogP contribution in [0.1, 0.15) is 24.2 Å². The molecule has 0 amide bonds. The van der Waals surface area contributed by atoms with Gasteiger partial charge in [0.25, 0.3) is 0 Å². The number of nitrogens with one attached hydrogen (secondary N) is 1. The molecule has 0 spiro atoms. The molecule has 0 fully saturated rings. The summed E-state index contributed by atoms with van der Waals surface area (Å²) >= 11 is 1.24. The van der Waals surface area contributed by atoms with Crippen molar-refractivity contribution in [3.05, 3.63) is 54.0 Å². The zero-order valence-corrected chi connectivity index (χ0v) is 11.4. The van der Waals surface area contributed by atoms with E-state index in [1.54, 1.807) is 0 Å². The monoisotopic (exact) mass is 270 g/mol. The van der Waals surface area contributed by atoms with Crippen LogP contribution in [-0.2, 0) is 0 Å². The normalized spacial score (nSPS) is 12.7. The zero-order valence-electron chi connectivity index (χ0n) is 10.6. The third kappa shape index (κ3) is 2.34. The van der Waals surface area contributed by atoms with Crippen molar-refractivity contribution >= 4 is 22.6 Å². The van der Waals surface area contributed by atoms with Crippen LogP contribution in [0.3, 0.4) is 0 Å². The summed E-state index contributed by atoms with van der Waals surface area (Å²) in [7, 11) is 0. The van der Waals surface area contributed by atoms with Gasteiger partial charge in [0.05, 0.1) is 35.2 Å². The van der Waals surface area contributed by atoms with Gasteiger partial charge in [-0.15, -0.1) is 0 Å². The van der Waals surface area contributed by atoms with Gasteiger partial charge in [-0.2, -0.15) is 8.75 Å². The van der Waals surface area contributed by atoms with E-state index in [2.05, 4.69) is 38.1 Å². The van der Waals surface area contributed by atoms with Crippen molar-refractivity contribution in [2.75, 3.05) is 6.54 Å². The van der Waals surface area contributed by atoms with Gasteiger partial charge in [0.2, 0.25) is 0 Å². The molecule has 3 rings (SSSR count). The fourth-order valence-corrected chi connectivity index (χ4v) is 2.71. The SMILES string of the molecule is CCNC(c1cnsn1)c1cccc2ncccc12. The van der Waals surface area contributed by atoms with Crippen LogP contribution in [0.2, 0.25) is 0 Å². The van der Waals surface area contributed by atoms with Gasteiger partial charge in [-0.25, -0.2) is 0 Å². The number of nitrogens with zero attached hydrogens (tertiary/aromatic N) is 3. The molecule has 0 saturated heterocycles. The lowest BCUT2D eigenvalue weighted by atomic mass is 9.99. The smallest absolute Gasteiger partial charge is 0.0957 e. The van der Waals surface area contributed by atoms with Crippen LogP contribution in [-0.4, -0.2) is 20.3 Å². The Bertz CT molecular complexity index is 661. The molecule has 3 aromatic rings. The van der Waals surface area contributed by atoms with Crippen LogP contribution in [0, 0.1) is 0 Å². The summed E-state index contributed by atoms with van der Waals surface area (Å²) in [5, 5.41) is 4.63. The Morgan fingerprint density at radius 2 is 2.21 bits per heavy atom. The maximum Gasteiger partial charge on any atom is 0.0957 e. The summed E-state index contributed by atoms with van der Waals surface area (Å²) in [6.07, 6.45) is 3.64. The van der Waals surface area contributed by atoms with E-state index in [1.807, 2.05) is 30.6 Å². The molecular formula is C14H14N4S. The number of pyridine rings is 1. The first-order valence-electron chi connectivity index (χ1n) is 6.24. The Labute approximate surface area is 115 Å². The Morgan fingerprint density at radius 1 is 1.26 bits per heavy atom. The van der Waals surface area contributed by atoms with E-state index >= 15 is 0 Å². The highest BCUT2D eigenvalue weighted by atomic mass is 32.1. The number of rotatable bonds is 4. The molecule has 2 heterocycles. The van der Waals surface area contributed by atoms with Gasteiger partial charge in [-0.3, -0.25) is 4.98 Å². The molecule has 1 atom stereocenters. The lowest BCUT2D eigenvalue weighted by Crippen LogP contribution is -2.22. The summed E-state index contributed by atoms with van der Waals surface area (Å²) < 4.78 is 8.47. The minimum absolute atomic E-state index is 0.0663. The lowest BCUT2D eigenvalue weighted by Gasteiger charge is -2.17. The van der Waals surface area contributed by atoms with E-state index in [0.29, 0.717) is 0 Å².